The van der Waals surface area contributed by atoms with Crippen molar-refractivity contribution in [2.24, 2.45) is 5.92 Å². The molecule has 0 spiro atoms. The summed E-state index contributed by atoms with van der Waals surface area (Å²) in [4.78, 5) is 0. The molecular formula is C9H16BNO3. The lowest BCUT2D eigenvalue weighted by Crippen LogP contribution is -2.43. The first kappa shape index (κ1) is 11.3. The van der Waals surface area contributed by atoms with Crippen molar-refractivity contribution in [3.05, 3.63) is 12.5 Å². The van der Waals surface area contributed by atoms with Crippen LogP contribution in [0.4, 0.5) is 0 Å². The molecule has 0 aliphatic heterocycles. The van der Waals surface area contributed by atoms with Crippen molar-refractivity contribution in [2.45, 2.75) is 33.3 Å². The maximum atomic E-state index is 9.67. The molecule has 14 heavy (non-hydrogen) atoms. The average Bonchev–Trinajstić information content (AvgIpc) is 2.54. The number of aromatic nitrogens is 1. The van der Waals surface area contributed by atoms with Gasteiger partial charge in [0.25, 0.3) is 0 Å². The van der Waals surface area contributed by atoms with Crippen LogP contribution in [0.1, 0.15) is 27.7 Å². The molecule has 0 aliphatic rings. The quantitative estimate of drug-likeness (QED) is 0.725. The number of nitrogens with zero attached hydrogens (tertiary/aromatic N) is 1. The summed E-state index contributed by atoms with van der Waals surface area (Å²) in [7, 11) is -0.973. The van der Waals surface area contributed by atoms with E-state index in [4.69, 9.17) is 4.65 Å². The summed E-state index contributed by atoms with van der Waals surface area (Å²) in [6.07, 6.45) is 2.82. The Hall–Kier alpha value is -0.805. The first-order valence-electron chi connectivity index (χ1n) is 4.68. The minimum atomic E-state index is -0.973. The topological polar surface area (TPSA) is 55.5 Å². The minimum absolute atomic E-state index is 0.317. The lowest BCUT2D eigenvalue weighted by Gasteiger charge is -2.31. The Morgan fingerprint density at radius 2 is 2.21 bits per heavy atom. The minimum Gasteiger partial charge on any atom is -0.423 e. The normalized spacial score (nSPS) is 12.1. The van der Waals surface area contributed by atoms with Crippen LogP contribution >= 0.6 is 0 Å². The van der Waals surface area contributed by atoms with Gasteiger partial charge in [0.05, 0.1) is 11.8 Å². The molecule has 0 saturated carbocycles. The predicted molar refractivity (Wildman–Crippen MR) is 54.1 cm³/mol. The van der Waals surface area contributed by atoms with Crippen LogP contribution in [0.3, 0.4) is 0 Å². The molecule has 0 aromatic carbocycles. The van der Waals surface area contributed by atoms with Gasteiger partial charge in [0.1, 0.15) is 6.26 Å². The van der Waals surface area contributed by atoms with E-state index in [0.29, 0.717) is 11.4 Å². The SMILES string of the molecule is CC(C)C(C)(C)OB(O)c1cnoc1. The van der Waals surface area contributed by atoms with E-state index in [9.17, 15) is 5.02 Å². The van der Waals surface area contributed by atoms with Crippen LogP contribution in [0.25, 0.3) is 0 Å². The van der Waals surface area contributed by atoms with Gasteiger partial charge in [0, 0.05) is 5.46 Å². The second kappa shape index (κ2) is 4.15. The molecular weight excluding hydrogens is 181 g/mol. The molecule has 1 aromatic heterocycles. The van der Waals surface area contributed by atoms with Gasteiger partial charge in [-0.1, -0.05) is 19.0 Å². The lowest BCUT2D eigenvalue weighted by atomic mass is 9.79. The Kier molecular flexibility index (Phi) is 3.34. The van der Waals surface area contributed by atoms with Crippen molar-refractivity contribution < 1.29 is 14.2 Å². The highest BCUT2D eigenvalue weighted by atomic mass is 16.5. The lowest BCUT2D eigenvalue weighted by molar-refractivity contribution is 0.0423. The highest BCUT2D eigenvalue weighted by Gasteiger charge is 2.30. The number of rotatable bonds is 4. The van der Waals surface area contributed by atoms with Crippen molar-refractivity contribution >= 4 is 12.6 Å². The van der Waals surface area contributed by atoms with E-state index in [1.54, 1.807) is 0 Å². The van der Waals surface area contributed by atoms with Crippen LogP contribution in [0.2, 0.25) is 0 Å². The zero-order valence-electron chi connectivity index (χ0n) is 9.02. The Morgan fingerprint density at radius 3 is 2.64 bits per heavy atom. The van der Waals surface area contributed by atoms with E-state index in [-0.39, 0.29) is 5.60 Å². The van der Waals surface area contributed by atoms with Gasteiger partial charge in [0.15, 0.2) is 0 Å². The molecule has 0 aliphatic carbocycles. The molecule has 4 nitrogen and oxygen atoms in total. The van der Waals surface area contributed by atoms with Gasteiger partial charge in [-0.3, -0.25) is 0 Å². The molecule has 0 radical (unpaired) electrons. The van der Waals surface area contributed by atoms with Gasteiger partial charge < -0.3 is 14.2 Å². The Labute approximate surface area is 84.4 Å². The van der Waals surface area contributed by atoms with Crippen LogP contribution in [0.5, 0.6) is 0 Å². The monoisotopic (exact) mass is 197 g/mol. The van der Waals surface area contributed by atoms with Gasteiger partial charge in [-0.05, 0) is 19.8 Å². The Bertz CT molecular complexity index is 272. The Morgan fingerprint density at radius 1 is 1.57 bits per heavy atom. The predicted octanol–water partition coefficient (Wildman–Crippen LogP) is 0.813. The van der Waals surface area contributed by atoms with E-state index < -0.39 is 7.12 Å². The first-order chi connectivity index (χ1) is 6.43. The molecule has 1 N–H and O–H groups in total. The van der Waals surface area contributed by atoms with Gasteiger partial charge in [-0.25, -0.2) is 0 Å². The van der Waals surface area contributed by atoms with E-state index >= 15 is 0 Å². The molecule has 78 valence electrons. The third-order valence-corrected chi connectivity index (χ3v) is 2.54. The third kappa shape index (κ3) is 2.59. The molecule has 1 aromatic rings. The zero-order chi connectivity index (χ0) is 10.8. The smallest absolute Gasteiger partial charge is 0.423 e. The summed E-state index contributed by atoms with van der Waals surface area (Å²) < 4.78 is 10.1. The van der Waals surface area contributed by atoms with Crippen LogP contribution in [0.15, 0.2) is 17.0 Å². The zero-order valence-corrected chi connectivity index (χ0v) is 9.02. The number of hydrogen-bond acceptors (Lipinski definition) is 4. The first-order valence-corrected chi connectivity index (χ1v) is 4.68. The summed E-state index contributed by atoms with van der Waals surface area (Å²) in [6, 6.07) is 0. The van der Waals surface area contributed by atoms with Crippen molar-refractivity contribution in [1.29, 1.82) is 0 Å². The van der Waals surface area contributed by atoms with Crippen LogP contribution in [-0.2, 0) is 4.65 Å². The van der Waals surface area contributed by atoms with E-state index in [1.165, 1.54) is 12.5 Å². The fourth-order valence-corrected chi connectivity index (χ4v) is 0.827. The average molecular weight is 197 g/mol. The molecule has 0 amide bonds. The van der Waals surface area contributed by atoms with Crippen LogP contribution in [0, 0.1) is 5.92 Å². The fraction of sp³-hybridized carbons (Fsp3) is 0.667. The van der Waals surface area contributed by atoms with Crippen molar-refractivity contribution in [1.82, 2.24) is 5.16 Å². The van der Waals surface area contributed by atoms with Gasteiger partial charge >= 0.3 is 7.12 Å². The van der Waals surface area contributed by atoms with Crippen molar-refractivity contribution in [2.75, 3.05) is 0 Å². The summed E-state index contributed by atoms with van der Waals surface area (Å²) in [5, 5.41) is 13.2. The highest BCUT2D eigenvalue weighted by Crippen LogP contribution is 2.20. The maximum Gasteiger partial charge on any atom is 0.496 e. The number of hydrogen-bond donors (Lipinski definition) is 1. The molecule has 0 bridgehead atoms. The summed E-state index contributed by atoms with van der Waals surface area (Å²) in [5.74, 6) is 0.317. The second-order valence-corrected chi connectivity index (χ2v) is 4.19. The summed E-state index contributed by atoms with van der Waals surface area (Å²) in [5.41, 5.74) is 0.162. The van der Waals surface area contributed by atoms with Crippen LogP contribution < -0.4 is 5.46 Å². The Balaban J connectivity index is 2.61. The molecule has 0 fully saturated rings. The fourth-order valence-electron chi connectivity index (χ4n) is 0.827. The van der Waals surface area contributed by atoms with Gasteiger partial charge in [-0.2, -0.15) is 0 Å². The maximum absolute atomic E-state index is 9.67. The van der Waals surface area contributed by atoms with Crippen molar-refractivity contribution in [3.8, 4) is 0 Å². The van der Waals surface area contributed by atoms with E-state index in [2.05, 4.69) is 9.68 Å². The highest BCUT2D eigenvalue weighted by molar-refractivity contribution is 6.59. The largest absolute Gasteiger partial charge is 0.496 e. The summed E-state index contributed by atoms with van der Waals surface area (Å²) >= 11 is 0. The molecule has 1 rings (SSSR count). The molecule has 1 heterocycles. The third-order valence-electron chi connectivity index (χ3n) is 2.54. The standard InChI is InChI=1S/C9H16BNO3/c1-7(2)9(3,4)14-10(12)8-5-11-13-6-8/h5-7,12H,1-4H3. The van der Waals surface area contributed by atoms with Crippen molar-refractivity contribution in [3.63, 3.8) is 0 Å². The molecule has 0 atom stereocenters. The van der Waals surface area contributed by atoms with E-state index in [1.807, 2.05) is 27.7 Å². The second-order valence-electron chi connectivity index (χ2n) is 4.19. The van der Waals surface area contributed by atoms with E-state index in [0.717, 1.165) is 0 Å². The van der Waals surface area contributed by atoms with Crippen LogP contribution in [-0.4, -0.2) is 22.9 Å². The molecule has 0 saturated heterocycles. The van der Waals surface area contributed by atoms with Gasteiger partial charge in [-0.15, -0.1) is 0 Å². The molecule has 5 heteroatoms. The van der Waals surface area contributed by atoms with Gasteiger partial charge in [0.2, 0.25) is 0 Å². The molecule has 0 unspecified atom stereocenters. The summed E-state index contributed by atoms with van der Waals surface area (Å²) in [6.45, 7) is 7.96.